The van der Waals surface area contributed by atoms with Gasteiger partial charge in [-0.05, 0) is 31.0 Å². The SMILES string of the molecule is CCCCCCCCCCCC(=O)N/N=C(\C)c1cccc(NC(=O)C(F)(F)F)c1. The zero-order chi connectivity index (χ0) is 22.4. The summed E-state index contributed by atoms with van der Waals surface area (Å²) in [6.45, 7) is 3.83. The summed E-state index contributed by atoms with van der Waals surface area (Å²) in [7, 11) is 0. The molecule has 2 N–H and O–H groups in total. The first kappa shape index (κ1) is 25.7. The average molecular weight is 428 g/mol. The van der Waals surface area contributed by atoms with E-state index in [9.17, 15) is 22.8 Å². The van der Waals surface area contributed by atoms with Gasteiger partial charge in [-0.2, -0.15) is 18.3 Å². The van der Waals surface area contributed by atoms with E-state index in [-0.39, 0.29) is 11.6 Å². The smallest absolute Gasteiger partial charge is 0.318 e. The molecule has 0 aliphatic heterocycles. The minimum Gasteiger partial charge on any atom is -0.318 e. The lowest BCUT2D eigenvalue weighted by molar-refractivity contribution is -0.167. The molecule has 8 heteroatoms. The lowest BCUT2D eigenvalue weighted by Crippen LogP contribution is -2.29. The minimum absolute atomic E-state index is 0.00500. The molecule has 2 amide bonds. The van der Waals surface area contributed by atoms with Crippen LogP contribution in [-0.2, 0) is 9.59 Å². The Kier molecular flexibility index (Phi) is 11.8. The monoisotopic (exact) mass is 427 g/mol. The van der Waals surface area contributed by atoms with Crippen molar-refractivity contribution in [1.82, 2.24) is 5.43 Å². The molecule has 0 saturated heterocycles. The van der Waals surface area contributed by atoms with Crippen LogP contribution in [0.4, 0.5) is 18.9 Å². The van der Waals surface area contributed by atoms with Crippen LogP contribution >= 0.6 is 0 Å². The summed E-state index contributed by atoms with van der Waals surface area (Å²) in [6.07, 6.45) is 5.93. The molecular formula is C22H32F3N3O2. The van der Waals surface area contributed by atoms with Crippen molar-refractivity contribution >= 4 is 23.2 Å². The molecule has 0 bridgehead atoms. The third-order valence-corrected chi connectivity index (χ3v) is 4.65. The molecular weight excluding hydrogens is 395 g/mol. The Hall–Kier alpha value is -2.38. The van der Waals surface area contributed by atoms with Crippen LogP contribution in [0.3, 0.4) is 0 Å². The van der Waals surface area contributed by atoms with Gasteiger partial charge >= 0.3 is 12.1 Å². The zero-order valence-electron chi connectivity index (χ0n) is 17.8. The van der Waals surface area contributed by atoms with Crippen LogP contribution in [0.15, 0.2) is 29.4 Å². The fourth-order valence-electron chi connectivity index (χ4n) is 2.89. The predicted octanol–water partition coefficient (Wildman–Crippen LogP) is 5.95. The van der Waals surface area contributed by atoms with Gasteiger partial charge < -0.3 is 5.32 Å². The van der Waals surface area contributed by atoms with Crippen molar-refractivity contribution < 1.29 is 22.8 Å². The Morgan fingerprint density at radius 2 is 1.57 bits per heavy atom. The van der Waals surface area contributed by atoms with Crippen LogP contribution in [0, 0.1) is 0 Å². The van der Waals surface area contributed by atoms with E-state index >= 15 is 0 Å². The molecule has 0 aliphatic rings. The van der Waals surface area contributed by atoms with E-state index in [1.165, 1.54) is 56.7 Å². The summed E-state index contributed by atoms with van der Waals surface area (Å²) in [5, 5.41) is 5.80. The highest BCUT2D eigenvalue weighted by Gasteiger charge is 2.38. The zero-order valence-corrected chi connectivity index (χ0v) is 17.8. The van der Waals surface area contributed by atoms with Gasteiger partial charge in [0.2, 0.25) is 5.91 Å². The number of benzene rings is 1. The molecule has 0 saturated carbocycles. The summed E-state index contributed by atoms with van der Waals surface area (Å²) in [5.41, 5.74) is 3.40. The maximum absolute atomic E-state index is 12.4. The van der Waals surface area contributed by atoms with E-state index in [0.717, 1.165) is 19.3 Å². The summed E-state index contributed by atoms with van der Waals surface area (Å²) in [5.74, 6) is -2.23. The van der Waals surface area contributed by atoms with E-state index in [2.05, 4.69) is 17.5 Å². The Morgan fingerprint density at radius 1 is 0.967 bits per heavy atom. The quantitative estimate of drug-likeness (QED) is 0.232. The molecule has 1 rings (SSSR count). The molecule has 1 aromatic carbocycles. The average Bonchev–Trinajstić information content (AvgIpc) is 2.70. The third kappa shape index (κ3) is 11.0. The van der Waals surface area contributed by atoms with Crippen LogP contribution in [0.25, 0.3) is 0 Å². The van der Waals surface area contributed by atoms with Crippen LogP contribution in [0.5, 0.6) is 0 Å². The summed E-state index contributed by atoms with van der Waals surface area (Å²) < 4.78 is 37.1. The number of amides is 2. The van der Waals surface area contributed by atoms with E-state index in [1.807, 2.05) is 0 Å². The predicted molar refractivity (Wildman–Crippen MR) is 113 cm³/mol. The lowest BCUT2D eigenvalue weighted by atomic mass is 10.1. The molecule has 0 heterocycles. The number of unbranched alkanes of at least 4 members (excludes halogenated alkanes) is 8. The van der Waals surface area contributed by atoms with Crippen molar-refractivity contribution in [2.45, 2.75) is 84.2 Å². The van der Waals surface area contributed by atoms with Crippen LogP contribution in [-0.4, -0.2) is 23.7 Å². The fourth-order valence-corrected chi connectivity index (χ4v) is 2.89. The maximum atomic E-state index is 12.4. The molecule has 0 aromatic heterocycles. The van der Waals surface area contributed by atoms with Gasteiger partial charge in [0, 0.05) is 12.1 Å². The van der Waals surface area contributed by atoms with Crippen molar-refractivity contribution in [3.8, 4) is 0 Å². The number of nitrogens with one attached hydrogen (secondary N) is 2. The van der Waals surface area contributed by atoms with Gasteiger partial charge in [-0.3, -0.25) is 9.59 Å². The number of carbonyl (C=O) groups is 2. The van der Waals surface area contributed by atoms with E-state index in [4.69, 9.17) is 0 Å². The second-order valence-electron chi connectivity index (χ2n) is 7.34. The summed E-state index contributed by atoms with van der Waals surface area (Å²) >= 11 is 0. The van der Waals surface area contributed by atoms with E-state index in [0.29, 0.717) is 17.7 Å². The molecule has 0 spiro atoms. The van der Waals surface area contributed by atoms with Gasteiger partial charge in [0.05, 0.1) is 5.71 Å². The molecule has 5 nitrogen and oxygen atoms in total. The summed E-state index contributed by atoms with van der Waals surface area (Å²) in [4.78, 5) is 22.9. The number of anilines is 1. The Bertz CT molecular complexity index is 703. The Labute approximate surface area is 176 Å². The number of hydrogen-bond acceptors (Lipinski definition) is 3. The number of hydrazone groups is 1. The van der Waals surface area contributed by atoms with Crippen LogP contribution < -0.4 is 10.7 Å². The Balaban J connectivity index is 2.35. The fraction of sp³-hybridized carbons (Fsp3) is 0.591. The normalized spacial score (nSPS) is 12.0. The van der Waals surface area contributed by atoms with Gasteiger partial charge in [-0.15, -0.1) is 0 Å². The molecule has 0 atom stereocenters. The Morgan fingerprint density at radius 3 is 2.17 bits per heavy atom. The van der Waals surface area contributed by atoms with E-state index < -0.39 is 12.1 Å². The van der Waals surface area contributed by atoms with E-state index in [1.54, 1.807) is 18.3 Å². The van der Waals surface area contributed by atoms with Gasteiger partial charge in [-0.25, -0.2) is 5.43 Å². The third-order valence-electron chi connectivity index (χ3n) is 4.65. The maximum Gasteiger partial charge on any atom is 0.471 e. The first-order chi connectivity index (χ1) is 14.2. The lowest BCUT2D eigenvalue weighted by Gasteiger charge is -2.09. The molecule has 0 fully saturated rings. The topological polar surface area (TPSA) is 70.6 Å². The van der Waals surface area contributed by atoms with Crippen LogP contribution in [0.1, 0.15) is 83.6 Å². The van der Waals surface area contributed by atoms with Crippen molar-refractivity contribution in [3.05, 3.63) is 29.8 Å². The first-order valence-corrected chi connectivity index (χ1v) is 10.6. The number of rotatable bonds is 13. The number of nitrogens with zero attached hydrogens (tertiary/aromatic N) is 1. The number of alkyl halides is 3. The second kappa shape index (κ2) is 13.8. The van der Waals surface area contributed by atoms with Crippen LogP contribution in [0.2, 0.25) is 0 Å². The highest BCUT2D eigenvalue weighted by molar-refractivity contribution is 6.01. The number of hydrogen-bond donors (Lipinski definition) is 2. The molecule has 0 radical (unpaired) electrons. The molecule has 0 aliphatic carbocycles. The van der Waals surface area contributed by atoms with Gasteiger partial charge in [0.25, 0.3) is 0 Å². The molecule has 168 valence electrons. The summed E-state index contributed by atoms with van der Waals surface area (Å²) in [6, 6.07) is 5.86. The van der Waals surface area contributed by atoms with Crippen molar-refractivity contribution in [3.63, 3.8) is 0 Å². The minimum atomic E-state index is -4.96. The molecule has 30 heavy (non-hydrogen) atoms. The number of halogens is 3. The molecule has 1 aromatic rings. The standard InChI is InChI=1S/C22H32F3N3O2/c1-3-4-5-6-7-8-9-10-11-15-20(29)28-27-17(2)18-13-12-14-19(16-18)26-21(30)22(23,24)25/h12-14,16H,3-11,15H2,1-2H3,(H,26,30)(H,28,29)/b27-17+. The highest BCUT2D eigenvalue weighted by atomic mass is 19.4. The van der Waals surface area contributed by atoms with Gasteiger partial charge in [-0.1, -0.05) is 70.4 Å². The van der Waals surface area contributed by atoms with Gasteiger partial charge in [0.1, 0.15) is 0 Å². The molecule has 0 unspecified atom stereocenters. The second-order valence-corrected chi connectivity index (χ2v) is 7.34. The first-order valence-electron chi connectivity index (χ1n) is 10.6. The largest absolute Gasteiger partial charge is 0.471 e. The van der Waals surface area contributed by atoms with Crippen molar-refractivity contribution in [1.29, 1.82) is 0 Å². The number of carbonyl (C=O) groups excluding carboxylic acids is 2. The van der Waals surface area contributed by atoms with Crippen molar-refractivity contribution in [2.75, 3.05) is 5.32 Å². The van der Waals surface area contributed by atoms with Crippen molar-refractivity contribution in [2.24, 2.45) is 5.10 Å². The highest BCUT2D eigenvalue weighted by Crippen LogP contribution is 2.19. The van der Waals surface area contributed by atoms with Gasteiger partial charge in [0.15, 0.2) is 0 Å².